The second-order valence-corrected chi connectivity index (χ2v) is 5.21. The molecule has 100 valence electrons. The maximum Gasteiger partial charge on any atom is 0.164 e. The van der Waals surface area contributed by atoms with E-state index in [9.17, 15) is 5.11 Å². The molecule has 1 aromatic rings. The standard InChI is InChI=1S/C14H19ClO3/c1-4-9-10(8-14(16)5-6-14)11(15)7-12(17-2)13(9)18-3/h7,16H,4-6,8H2,1-3H3. The highest BCUT2D eigenvalue weighted by Crippen LogP contribution is 2.44. The number of halogens is 1. The Bertz CT molecular complexity index is 453. The second-order valence-electron chi connectivity index (χ2n) is 4.81. The van der Waals surface area contributed by atoms with Gasteiger partial charge in [0.15, 0.2) is 11.5 Å². The lowest BCUT2D eigenvalue weighted by Crippen LogP contribution is -2.13. The summed E-state index contributed by atoms with van der Waals surface area (Å²) in [6, 6.07) is 1.76. The van der Waals surface area contributed by atoms with Gasteiger partial charge in [0.2, 0.25) is 0 Å². The Kier molecular flexibility index (Phi) is 3.74. The van der Waals surface area contributed by atoms with E-state index in [1.807, 2.05) is 6.92 Å². The number of benzene rings is 1. The highest BCUT2D eigenvalue weighted by atomic mass is 35.5. The average molecular weight is 271 g/mol. The number of aliphatic hydroxyl groups is 1. The summed E-state index contributed by atoms with van der Waals surface area (Å²) in [5.74, 6) is 1.37. The first-order valence-electron chi connectivity index (χ1n) is 6.19. The summed E-state index contributed by atoms with van der Waals surface area (Å²) < 4.78 is 10.7. The van der Waals surface area contributed by atoms with Crippen molar-refractivity contribution < 1.29 is 14.6 Å². The molecule has 1 fully saturated rings. The third-order valence-electron chi connectivity index (χ3n) is 3.52. The van der Waals surface area contributed by atoms with Crippen LogP contribution in [-0.4, -0.2) is 24.9 Å². The van der Waals surface area contributed by atoms with Crippen LogP contribution in [0.1, 0.15) is 30.9 Å². The predicted octanol–water partition coefficient (Wildman–Crippen LogP) is 2.99. The molecule has 1 N–H and O–H groups in total. The Morgan fingerprint density at radius 2 is 1.94 bits per heavy atom. The molecule has 0 bridgehead atoms. The molecule has 0 aliphatic heterocycles. The summed E-state index contributed by atoms with van der Waals surface area (Å²) in [4.78, 5) is 0. The minimum absolute atomic E-state index is 0.562. The van der Waals surface area contributed by atoms with Gasteiger partial charge in [0.1, 0.15) is 0 Å². The molecule has 0 unspecified atom stereocenters. The molecule has 0 saturated heterocycles. The van der Waals surface area contributed by atoms with Gasteiger partial charge < -0.3 is 14.6 Å². The van der Waals surface area contributed by atoms with Crippen molar-refractivity contribution in [3.63, 3.8) is 0 Å². The molecule has 2 rings (SSSR count). The Morgan fingerprint density at radius 1 is 1.28 bits per heavy atom. The van der Waals surface area contributed by atoms with Crippen molar-refractivity contribution in [3.05, 3.63) is 22.2 Å². The molecule has 1 saturated carbocycles. The zero-order chi connectivity index (χ0) is 13.3. The van der Waals surface area contributed by atoms with Crippen LogP contribution in [0.3, 0.4) is 0 Å². The van der Waals surface area contributed by atoms with Gasteiger partial charge >= 0.3 is 0 Å². The summed E-state index contributed by atoms with van der Waals surface area (Å²) in [5, 5.41) is 10.7. The van der Waals surface area contributed by atoms with Crippen molar-refractivity contribution in [2.24, 2.45) is 0 Å². The second kappa shape index (κ2) is 4.98. The van der Waals surface area contributed by atoms with E-state index in [1.54, 1.807) is 20.3 Å². The topological polar surface area (TPSA) is 38.7 Å². The van der Waals surface area contributed by atoms with E-state index in [0.717, 1.165) is 36.1 Å². The van der Waals surface area contributed by atoms with Gasteiger partial charge in [-0.3, -0.25) is 0 Å². The molecule has 0 spiro atoms. The minimum atomic E-state index is -0.562. The molecule has 0 aromatic heterocycles. The normalized spacial score (nSPS) is 16.5. The number of rotatable bonds is 5. The molecule has 18 heavy (non-hydrogen) atoms. The van der Waals surface area contributed by atoms with Crippen LogP contribution < -0.4 is 9.47 Å². The van der Waals surface area contributed by atoms with Gasteiger partial charge in [-0.25, -0.2) is 0 Å². The quantitative estimate of drug-likeness (QED) is 0.894. The smallest absolute Gasteiger partial charge is 0.164 e. The monoisotopic (exact) mass is 270 g/mol. The Labute approximate surface area is 113 Å². The lowest BCUT2D eigenvalue weighted by Gasteiger charge is -2.19. The summed E-state index contributed by atoms with van der Waals surface area (Å²) in [7, 11) is 3.22. The molecule has 0 heterocycles. The number of hydrogen-bond acceptors (Lipinski definition) is 3. The fraction of sp³-hybridized carbons (Fsp3) is 0.571. The van der Waals surface area contributed by atoms with E-state index < -0.39 is 5.60 Å². The van der Waals surface area contributed by atoms with Crippen molar-refractivity contribution in [1.82, 2.24) is 0 Å². The molecule has 1 aliphatic rings. The maximum atomic E-state index is 10.1. The predicted molar refractivity (Wildman–Crippen MR) is 71.8 cm³/mol. The molecular weight excluding hydrogens is 252 g/mol. The zero-order valence-electron chi connectivity index (χ0n) is 11.0. The van der Waals surface area contributed by atoms with Crippen LogP contribution in [0, 0.1) is 0 Å². The van der Waals surface area contributed by atoms with E-state index in [0.29, 0.717) is 17.2 Å². The van der Waals surface area contributed by atoms with Crippen LogP contribution in [0.5, 0.6) is 11.5 Å². The number of hydrogen-bond donors (Lipinski definition) is 1. The van der Waals surface area contributed by atoms with E-state index in [4.69, 9.17) is 21.1 Å². The van der Waals surface area contributed by atoms with Crippen LogP contribution in [0.4, 0.5) is 0 Å². The van der Waals surface area contributed by atoms with Gasteiger partial charge in [-0.05, 0) is 24.8 Å². The molecule has 0 atom stereocenters. The first-order chi connectivity index (χ1) is 8.54. The Morgan fingerprint density at radius 3 is 2.39 bits per heavy atom. The molecule has 0 radical (unpaired) electrons. The van der Waals surface area contributed by atoms with Crippen LogP contribution in [0.25, 0.3) is 0 Å². The molecule has 3 nitrogen and oxygen atoms in total. The third-order valence-corrected chi connectivity index (χ3v) is 3.86. The summed E-state index contributed by atoms with van der Waals surface area (Å²) >= 11 is 6.31. The number of ether oxygens (including phenoxy) is 2. The van der Waals surface area contributed by atoms with Crippen molar-refractivity contribution in [3.8, 4) is 11.5 Å². The van der Waals surface area contributed by atoms with E-state index in [2.05, 4.69) is 0 Å². The molecular formula is C14H19ClO3. The van der Waals surface area contributed by atoms with Crippen molar-refractivity contribution in [2.75, 3.05) is 14.2 Å². The Hall–Kier alpha value is -0.930. The summed E-state index contributed by atoms with van der Waals surface area (Å²) in [5.41, 5.74) is 1.45. The molecule has 0 amide bonds. The van der Waals surface area contributed by atoms with Gasteiger partial charge in [-0.15, -0.1) is 0 Å². The van der Waals surface area contributed by atoms with Gasteiger partial charge in [0.25, 0.3) is 0 Å². The lowest BCUT2D eigenvalue weighted by atomic mass is 9.97. The van der Waals surface area contributed by atoms with Crippen LogP contribution in [-0.2, 0) is 12.8 Å². The van der Waals surface area contributed by atoms with E-state index in [-0.39, 0.29) is 0 Å². The van der Waals surface area contributed by atoms with Gasteiger partial charge in [0.05, 0.1) is 19.8 Å². The first kappa shape index (κ1) is 13.5. The molecule has 1 aromatic carbocycles. The first-order valence-corrected chi connectivity index (χ1v) is 6.57. The SMILES string of the molecule is CCc1c(CC2(O)CC2)c(Cl)cc(OC)c1OC. The fourth-order valence-corrected chi connectivity index (χ4v) is 2.57. The van der Waals surface area contributed by atoms with Crippen LogP contribution in [0.2, 0.25) is 5.02 Å². The van der Waals surface area contributed by atoms with Gasteiger partial charge in [-0.2, -0.15) is 0 Å². The van der Waals surface area contributed by atoms with Gasteiger partial charge in [0, 0.05) is 23.1 Å². The van der Waals surface area contributed by atoms with Crippen LogP contribution in [0.15, 0.2) is 6.07 Å². The van der Waals surface area contributed by atoms with Gasteiger partial charge in [-0.1, -0.05) is 18.5 Å². The summed E-state index contributed by atoms with van der Waals surface area (Å²) in [6.45, 7) is 2.05. The highest BCUT2D eigenvalue weighted by molar-refractivity contribution is 6.31. The highest BCUT2D eigenvalue weighted by Gasteiger charge is 2.41. The zero-order valence-corrected chi connectivity index (χ0v) is 11.8. The molecule has 4 heteroatoms. The summed E-state index contributed by atoms with van der Waals surface area (Å²) in [6.07, 6.45) is 3.09. The maximum absolute atomic E-state index is 10.1. The number of methoxy groups -OCH3 is 2. The van der Waals surface area contributed by atoms with Crippen LogP contribution >= 0.6 is 11.6 Å². The third kappa shape index (κ3) is 2.43. The largest absolute Gasteiger partial charge is 0.493 e. The van der Waals surface area contributed by atoms with E-state index in [1.165, 1.54) is 0 Å². The Balaban J connectivity index is 2.49. The molecule has 1 aliphatic carbocycles. The minimum Gasteiger partial charge on any atom is -0.493 e. The average Bonchev–Trinajstić information content (AvgIpc) is 3.08. The van der Waals surface area contributed by atoms with E-state index >= 15 is 0 Å². The fourth-order valence-electron chi connectivity index (χ4n) is 2.29. The van der Waals surface area contributed by atoms with Crippen molar-refractivity contribution in [1.29, 1.82) is 0 Å². The van der Waals surface area contributed by atoms with Crippen molar-refractivity contribution in [2.45, 2.75) is 38.2 Å². The van der Waals surface area contributed by atoms with Crippen molar-refractivity contribution >= 4 is 11.6 Å². The lowest BCUT2D eigenvalue weighted by molar-refractivity contribution is 0.150.